The first-order valence-electron chi connectivity index (χ1n) is 7.25. The van der Waals surface area contributed by atoms with Crippen LogP contribution in [0.3, 0.4) is 0 Å². The fourth-order valence-electron chi connectivity index (χ4n) is 3.01. The summed E-state index contributed by atoms with van der Waals surface area (Å²) in [7, 11) is 0. The molecule has 0 atom stereocenters. The minimum Gasteiger partial charge on any atom is -0.388 e. The summed E-state index contributed by atoms with van der Waals surface area (Å²) in [6.07, 6.45) is 6.65. The first-order chi connectivity index (χ1) is 9.68. The van der Waals surface area contributed by atoms with Crippen molar-refractivity contribution in [2.45, 2.75) is 37.7 Å². The van der Waals surface area contributed by atoms with Crippen molar-refractivity contribution in [2.24, 2.45) is 0 Å². The Morgan fingerprint density at radius 2 is 2.05 bits per heavy atom. The molecule has 20 heavy (non-hydrogen) atoms. The van der Waals surface area contributed by atoms with E-state index in [1.807, 2.05) is 30.5 Å². The molecule has 4 heteroatoms. The third-order valence-electron chi connectivity index (χ3n) is 4.20. The van der Waals surface area contributed by atoms with Crippen LogP contribution in [0, 0.1) is 0 Å². The van der Waals surface area contributed by atoms with Gasteiger partial charge in [-0.15, -0.1) is 0 Å². The van der Waals surface area contributed by atoms with Crippen LogP contribution in [0.5, 0.6) is 0 Å². The minimum absolute atomic E-state index is 0.116. The zero-order valence-electron chi connectivity index (χ0n) is 11.5. The number of hydrogen-bond donors (Lipinski definition) is 3. The smallest absolute Gasteiger partial charge is 0.252 e. The number of carbonyl (C=O) groups is 1. The van der Waals surface area contributed by atoms with E-state index in [0.29, 0.717) is 12.1 Å². The maximum Gasteiger partial charge on any atom is 0.252 e. The number of nitrogens with one attached hydrogen (secondary N) is 2. The zero-order valence-corrected chi connectivity index (χ0v) is 11.5. The summed E-state index contributed by atoms with van der Waals surface area (Å²) in [5, 5.41) is 14.2. The van der Waals surface area contributed by atoms with Gasteiger partial charge < -0.3 is 15.4 Å². The number of H-pyrrole nitrogens is 1. The van der Waals surface area contributed by atoms with E-state index in [9.17, 15) is 9.90 Å². The van der Waals surface area contributed by atoms with Gasteiger partial charge in [0.05, 0.1) is 5.60 Å². The Balaban J connectivity index is 1.71. The SMILES string of the molecule is O=C(NCC1(O)CCCCC1)c1cccc2[nH]ccc12. The molecule has 1 fully saturated rings. The number of carbonyl (C=O) groups excluding carboxylic acids is 1. The van der Waals surface area contributed by atoms with E-state index in [2.05, 4.69) is 10.3 Å². The predicted molar refractivity (Wildman–Crippen MR) is 78.7 cm³/mol. The Kier molecular flexibility index (Phi) is 3.49. The quantitative estimate of drug-likeness (QED) is 0.804. The fourth-order valence-corrected chi connectivity index (χ4v) is 3.01. The third-order valence-corrected chi connectivity index (χ3v) is 4.20. The average molecular weight is 272 g/mol. The maximum atomic E-state index is 12.3. The average Bonchev–Trinajstić information content (AvgIpc) is 2.94. The molecule has 2 aromatic rings. The molecule has 1 heterocycles. The Bertz CT molecular complexity index is 612. The van der Waals surface area contributed by atoms with E-state index in [0.717, 1.165) is 36.6 Å². The highest BCUT2D eigenvalue weighted by atomic mass is 16.3. The minimum atomic E-state index is -0.722. The molecule has 4 nitrogen and oxygen atoms in total. The van der Waals surface area contributed by atoms with Gasteiger partial charge in [-0.25, -0.2) is 0 Å². The summed E-state index contributed by atoms with van der Waals surface area (Å²) < 4.78 is 0. The summed E-state index contributed by atoms with van der Waals surface area (Å²) in [4.78, 5) is 15.4. The van der Waals surface area contributed by atoms with Crippen LogP contribution < -0.4 is 5.32 Å². The van der Waals surface area contributed by atoms with Gasteiger partial charge in [-0.3, -0.25) is 4.79 Å². The summed E-state index contributed by atoms with van der Waals surface area (Å²) in [5.41, 5.74) is 0.886. The van der Waals surface area contributed by atoms with Gasteiger partial charge in [-0.2, -0.15) is 0 Å². The molecule has 1 saturated carbocycles. The Morgan fingerprint density at radius 1 is 1.25 bits per heavy atom. The standard InChI is InChI=1S/C16H20N2O2/c19-15(18-11-16(20)8-2-1-3-9-16)13-5-4-6-14-12(13)7-10-17-14/h4-7,10,17,20H,1-3,8-9,11H2,(H,18,19). The van der Waals surface area contributed by atoms with E-state index in [1.165, 1.54) is 6.42 Å². The monoisotopic (exact) mass is 272 g/mol. The van der Waals surface area contributed by atoms with Crippen molar-refractivity contribution >= 4 is 16.8 Å². The topological polar surface area (TPSA) is 65.1 Å². The predicted octanol–water partition coefficient (Wildman–Crippen LogP) is 2.59. The van der Waals surface area contributed by atoms with E-state index >= 15 is 0 Å². The molecule has 3 rings (SSSR count). The molecule has 1 aromatic heterocycles. The summed E-state index contributed by atoms with van der Waals surface area (Å²) in [6, 6.07) is 7.53. The van der Waals surface area contributed by atoms with Crippen LogP contribution in [0.1, 0.15) is 42.5 Å². The highest BCUT2D eigenvalue weighted by Gasteiger charge is 2.29. The van der Waals surface area contributed by atoms with E-state index in [-0.39, 0.29) is 5.91 Å². The van der Waals surface area contributed by atoms with Gasteiger partial charge in [-0.05, 0) is 31.0 Å². The van der Waals surface area contributed by atoms with Crippen LogP contribution in [0.25, 0.3) is 10.9 Å². The van der Waals surface area contributed by atoms with Gasteiger partial charge in [0.1, 0.15) is 0 Å². The number of aromatic amines is 1. The van der Waals surface area contributed by atoms with Crippen molar-refractivity contribution in [1.82, 2.24) is 10.3 Å². The number of rotatable bonds is 3. The number of aromatic nitrogens is 1. The molecule has 0 unspecified atom stereocenters. The Hall–Kier alpha value is -1.81. The second-order valence-electron chi connectivity index (χ2n) is 5.71. The zero-order chi connectivity index (χ0) is 14.0. The molecule has 0 aliphatic heterocycles. The van der Waals surface area contributed by atoms with Crippen LogP contribution >= 0.6 is 0 Å². The molecule has 1 amide bonds. The van der Waals surface area contributed by atoms with Crippen LogP contribution in [-0.4, -0.2) is 28.1 Å². The highest BCUT2D eigenvalue weighted by Crippen LogP contribution is 2.27. The van der Waals surface area contributed by atoms with E-state index < -0.39 is 5.60 Å². The molecule has 0 spiro atoms. The highest BCUT2D eigenvalue weighted by molar-refractivity contribution is 6.06. The third kappa shape index (κ3) is 2.56. The van der Waals surface area contributed by atoms with Gasteiger partial charge in [0, 0.05) is 29.2 Å². The molecule has 1 aliphatic rings. The first-order valence-corrected chi connectivity index (χ1v) is 7.25. The Labute approximate surface area is 118 Å². The van der Waals surface area contributed by atoms with Crippen LogP contribution in [0.2, 0.25) is 0 Å². The van der Waals surface area contributed by atoms with Gasteiger partial charge in [0.25, 0.3) is 5.91 Å². The molecule has 0 saturated heterocycles. The van der Waals surface area contributed by atoms with Crippen LogP contribution in [-0.2, 0) is 0 Å². The van der Waals surface area contributed by atoms with E-state index in [4.69, 9.17) is 0 Å². The summed E-state index contributed by atoms with van der Waals surface area (Å²) in [6.45, 7) is 0.340. The van der Waals surface area contributed by atoms with Crippen molar-refractivity contribution in [2.75, 3.05) is 6.54 Å². The molecule has 106 valence electrons. The molecular formula is C16H20N2O2. The van der Waals surface area contributed by atoms with Crippen molar-refractivity contribution in [3.63, 3.8) is 0 Å². The normalized spacial score (nSPS) is 18.1. The van der Waals surface area contributed by atoms with Gasteiger partial charge in [0.2, 0.25) is 0 Å². The molecule has 0 radical (unpaired) electrons. The van der Waals surface area contributed by atoms with Crippen molar-refractivity contribution in [3.05, 3.63) is 36.0 Å². The lowest BCUT2D eigenvalue weighted by molar-refractivity contribution is 0.00527. The van der Waals surface area contributed by atoms with Crippen LogP contribution in [0.15, 0.2) is 30.5 Å². The molecule has 3 N–H and O–H groups in total. The first kappa shape index (κ1) is 13.2. The van der Waals surface area contributed by atoms with Crippen molar-refractivity contribution in [3.8, 4) is 0 Å². The molecule has 1 aliphatic carbocycles. The van der Waals surface area contributed by atoms with Crippen molar-refractivity contribution in [1.29, 1.82) is 0 Å². The number of fused-ring (bicyclic) bond motifs is 1. The van der Waals surface area contributed by atoms with Crippen molar-refractivity contribution < 1.29 is 9.90 Å². The number of amides is 1. The van der Waals surface area contributed by atoms with Gasteiger partial charge >= 0.3 is 0 Å². The number of hydrogen-bond acceptors (Lipinski definition) is 2. The number of aliphatic hydroxyl groups is 1. The lowest BCUT2D eigenvalue weighted by Crippen LogP contribution is -2.44. The number of benzene rings is 1. The molecule has 1 aromatic carbocycles. The lowest BCUT2D eigenvalue weighted by Gasteiger charge is -2.32. The van der Waals surface area contributed by atoms with Gasteiger partial charge in [0.15, 0.2) is 0 Å². The maximum absolute atomic E-state index is 12.3. The lowest BCUT2D eigenvalue weighted by atomic mass is 9.85. The second-order valence-corrected chi connectivity index (χ2v) is 5.71. The second kappa shape index (κ2) is 5.29. The van der Waals surface area contributed by atoms with Crippen LogP contribution in [0.4, 0.5) is 0 Å². The molecular weight excluding hydrogens is 252 g/mol. The largest absolute Gasteiger partial charge is 0.388 e. The van der Waals surface area contributed by atoms with Gasteiger partial charge in [-0.1, -0.05) is 25.3 Å². The molecule has 0 bridgehead atoms. The summed E-state index contributed by atoms with van der Waals surface area (Å²) >= 11 is 0. The van der Waals surface area contributed by atoms with E-state index in [1.54, 1.807) is 0 Å². The fraction of sp³-hybridized carbons (Fsp3) is 0.438. The Morgan fingerprint density at radius 3 is 2.85 bits per heavy atom. The summed E-state index contributed by atoms with van der Waals surface area (Å²) in [5.74, 6) is -0.116.